The molecule has 1 N–H and O–H groups in total. The predicted octanol–water partition coefficient (Wildman–Crippen LogP) is 2.31. The molecule has 3 aromatic rings. The van der Waals surface area contributed by atoms with E-state index in [1.165, 1.54) is 12.4 Å². The van der Waals surface area contributed by atoms with Crippen LogP contribution in [0.25, 0.3) is 0 Å². The van der Waals surface area contributed by atoms with E-state index in [0.29, 0.717) is 6.54 Å². The van der Waals surface area contributed by atoms with Crippen molar-refractivity contribution in [1.29, 1.82) is 0 Å². The fourth-order valence-electron chi connectivity index (χ4n) is 2.95. The minimum Gasteiger partial charge on any atom is -0.475 e. The number of carbonyl (C=O) groups is 1. The zero-order valence-electron chi connectivity index (χ0n) is 15.6. The Morgan fingerprint density at radius 1 is 1.20 bits per heavy atom. The molecular weight excluding hydrogens is 408 g/mol. The molecule has 0 saturated heterocycles. The third-order valence-corrected chi connectivity index (χ3v) is 4.26. The summed E-state index contributed by atoms with van der Waals surface area (Å²) in [5.74, 6) is -1.90. The Hall–Kier alpha value is -3.28. The first kappa shape index (κ1) is 21.4. The van der Waals surface area contributed by atoms with Crippen LogP contribution in [-0.2, 0) is 31.0 Å². The van der Waals surface area contributed by atoms with Crippen LogP contribution in [0.2, 0.25) is 0 Å². The van der Waals surface area contributed by atoms with Crippen molar-refractivity contribution in [2.75, 3.05) is 6.54 Å². The van der Waals surface area contributed by atoms with Crippen molar-refractivity contribution in [3.05, 3.63) is 66.0 Å². The third kappa shape index (κ3) is 5.86. The van der Waals surface area contributed by atoms with Gasteiger partial charge >= 0.3 is 12.1 Å². The largest absolute Gasteiger partial charge is 0.490 e. The van der Waals surface area contributed by atoms with Crippen LogP contribution in [0.15, 0.2) is 43.1 Å². The number of carboxylic acids is 1. The Labute approximate surface area is 168 Å². The maximum absolute atomic E-state index is 13.3. The number of nitrogens with zero attached hydrogens (tertiary/aromatic N) is 6. The van der Waals surface area contributed by atoms with Crippen LogP contribution in [0.1, 0.15) is 17.1 Å². The van der Waals surface area contributed by atoms with Gasteiger partial charge in [-0.05, 0) is 17.7 Å². The number of aliphatic carboxylic acids is 1. The second kappa shape index (κ2) is 9.03. The quantitative estimate of drug-likeness (QED) is 0.644. The van der Waals surface area contributed by atoms with Gasteiger partial charge in [-0.25, -0.2) is 23.8 Å². The summed E-state index contributed by atoms with van der Waals surface area (Å²) >= 11 is 0. The second-order valence-electron chi connectivity index (χ2n) is 6.58. The molecule has 0 spiro atoms. The highest BCUT2D eigenvalue weighted by Crippen LogP contribution is 2.16. The lowest BCUT2D eigenvalue weighted by Crippen LogP contribution is -2.33. The predicted molar refractivity (Wildman–Crippen MR) is 95.6 cm³/mol. The molecule has 3 heterocycles. The molecule has 0 unspecified atom stereocenters. The maximum atomic E-state index is 13.3. The van der Waals surface area contributed by atoms with Gasteiger partial charge in [0, 0.05) is 25.8 Å². The van der Waals surface area contributed by atoms with E-state index in [1.54, 1.807) is 23.1 Å². The van der Waals surface area contributed by atoms with Crippen molar-refractivity contribution in [3.63, 3.8) is 0 Å². The lowest BCUT2D eigenvalue weighted by molar-refractivity contribution is -0.192. The van der Waals surface area contributed by atoms with Gasteiger partial charge in [0.15, 0.2) is 0 Å². The van der Waals surface area contributed by atoms with Gasteiger partial charge < -0.3 is 9.67 Å². The number of halogens is 4. The SMILES string of the molecule is Fc1cccc(CN2CCn3cc(Cn4cncn4)nc3C2)c1.O=C(O)C(F)(F)F. The summed E-state index contributed by atoms with van der Waals surface area (Å²) in [6, 6.07) is 6.78. The van der Waals surface area contributed by atoms with Crippen LogP contribution in [0, 0.1) is 5.82 Å². The van der Waals surface area contributed by atoms with E-state index in [2.05, 4.69) is 25.7 Å². The van der Waals surface area contributed by atoms with Gasteiger partial charge in [0.05, 0.1) is 18.8 Å². The van der Waals surface area contributed by atoms with Crippen LogP contribution >= 0.6 is 0 Å². The lowest BCUT2D eigenvalue weighted by atomic mass is 10.2. The van der Waals surface area contributed by atoms with Gasteiger partial charge in [0.1, 0.15) is 24.3 Å². The highest BCUT2D eigenvalue weighted by Gasteiger charge is 2.38. The van der Waals surface area contributed by atoms with Crippen LogP contribution in [0.5, 0.6) is 0 Å². The number of hydrogen-bond donors (Lipinski definition) is 1. The molecule has 30 heavy (non-hydrogen) atoms. The van der Waals surface area contributed by atoms with Gasteiger partial charge in [-0.15, -0.1) is 0 Å². The highest BCUT2D eigenvalue weighted by atomic mass is 19.4. The smallest absolute Gasteiger partial charge is 0.475 e. The molecule has 0 saturated carbocycles. The van der Waals surface area contributed by atoms with Crippen molar-refractivity contribution in [2.24, 2.45) is 0 Å². The molecular formula is C18H18F4N6O2. The minimum absolute atomic E-state index is 0.184. The number of alkyl halides is 3. The first-order valence-electron chi connectivity index (χ1n) is 8.85. The fourth-order valence-corrected chi connectivity index (χ4v) is 2.95. The van der Waals surface area contributed by atoms with E-state index in [0.717, 1.165) is 43.3 Å². The lowest BCUT2D eigenvalue weighted by Gasteiger charge is -2.27. The molecule has 0 atom stereocenters. The van der Waals surface area contributed by atoms with Gasteiger partial charge in [-0.3, -0.25) is 4.90 Å². The number of aromatic nitrogens is 5. The molecule has 2 aromatic heterocycles. The van der Waals surface area contributed by atoms with E-state index >= 15 is 0 Å². The summed E-state index contributed by atoms with van der Waals surface area (Å²) in [4.78, 5) is 19.8. The number of rotatable bonds is 4. The first-order valence-corrected chi connectivity index (χ1v) is 8.85. The Morgan fingerprint density at radius 3 is 2.60 bits per heavy atom. The first-order chi connectivity index (χ1) is 14.2. The van der Waals surface area contributed by atoms with Crippen molar-refractivity contribution in [1.82, 2.24) is 29.2 Å². The van der Waals surface area contributed by atoms with Crippen LogP contribution in [-0.4, -0.2) is 53.0 Å². The molecule has 1 aliphatic heterocycles. The Morgan fingerprint density at radius 2 is 1.97 bits per heavy atom. The Kier molecular flexibility index (Phi) is 6.45. The standard InChI is InChI=1S/C16H17FN6.C2HF3O2/c17-14-3-1-2-13(6-14)7-21-4-5-22-8-15(20-16(22)10-21)9-23-12-18-11-19-23;3-2(4,5)1(6)7/h1-3,6,8,11-12H,4-5,7,9-10H2;(H,6,7). The number of fused-ring (bicyclic) bond motifs is 1. The average molecular weight is 426 g/mol. The summed E-state index contributed by atoms with van der Waals surface area (Å²) in [6.45, 7) is 3.97. The summed E-state index contributed by atoms with van der Waals surface area (Å²) in [5, 5.41) is 11.2. The molecule has 8 nitrogen and oxygen atoms in total. The number of benzene rings is 1. The Balaban J connectivity index is 0.000000318. The number of carboxylic acid groups (broad SMARTS) is 1. The maximum Gasteiger partial charge on any atom is 0.490 e. The highest BCUT2D eigenvalue weighted by molar-refractivity contribution is 5.73. The molecule has 0 fully saturated rings. The average Bonchev–Trinajstić information content (AvgIpc) is 3.30. The van der Waals surface area contributed by atoms with Gasteiger partial charge in [0.25, 0.3) is 0 Å². The van der Waals surface area contributed by atoms with Crippen molar-refractivity contribution in [2.45, 2.75) is 32.4 Å². The fraction of sp³-hybridized carbons (Fsp3) is 0.333. The van der Waals surface area contributed by atoms with Gasteiger partial charge in [-0.1, -0.05) is 12.1 Å². The van der Waals surface area contributed by atoms with Crippen molar-refractivity contribution >= 4 is 5.97 Å². The minimum atomic E-state index is -5.08. The number of hydrogen-bond acceptors (Lipinski definition) is 5. The van der Waals surface area contributed by atoms with Gasteiger partial charge in [0.2, 0.25) is 0 Å². The van der Waals surface area contributed by atoms with Crippen LogP contribution in [0.3, 0.4) is 0 Å². The topological polar surface area (TPSA) is 89.1 Å². The Bertz CT molecular complexity index is 987. The zero-order valence-corrected chi connectivity index (χ0v) is 15.6. The second-order valence-corrected chi connectivity index (χ2v) is 6.58. The normalized spacial score (nSPS) is 14.0. The van der Waals surface area contributed by atoms with E-state index in [-0.39, 0.29) is 5.82 Å². The van der Waals surface area contributed by atoms with Crippen LogP contribution < -0.4 is 0 Å². The van der Waals surface area contributed by atoms with Crippen molar-refractivity contribution in [3.8, 4) is 0 Å². The summed E-state index contributed by atoms with van der Waals surface area (Å²) in [7, 11) is 0. The summed E-state index contributed by atoms with van der Waals surface area (Å²) in [5.41, 5.74) is 1.98. The molecule has 0 bridgehead atoms. The molecule has 1 aliphatic rings. The van der Waals surface area contributed by atoms with Crippen LogP contribution in [0.4, 0.5) is 17.6 Å². The van der Waals surface area contributed by atoms with E-state index in [9.17, 15) is 17.6 Å². The molecule has 0 aliphatic carbocycles. The van der Waals surface area contributed by atoms with Gasteiger partial charge in [-0.2, -0.15) is 18.3 Å². The van der Waals surface area contributed by atoms with Crippen molar-refractivity contribution < 1.29 is 27.5 Å². The van der Waals surface area contributed by atoms with E-state index < -0.39 is 12.1 Å². The molecule has 4 rings (SSSR count). The van der Waals surface area contributed by atoms with E-state index in [1.807, 2.05) is 6.07 Å². The zero-order chi connectivity index (χ0) is 21.7. The summed E-state index contributed by atoms with van der Waals surface area (Å²) < 4.78 is 49.0. The molecule has 12 heteroatoms. The third-order valence-electron chi connectivity index (χ3n) is 4.26. The number of imidazole rings is 1. The van der Waals surface area contributed by atoms with E-state index in [4.69, 9.17) is 14.9 Å². The monoisotopic (exact) mass is 426 g/mol. The molecule has 0 amide bonds. The molecule has 0 radical (unpaired) electrons. The molecule has 1 aromatic carbocycles. The molecule has 160 valence electrons. The summed E-state index contributed by atoms with van der Waals surface area (Å²) in [6.07, 6.45) is 0.210.